The third-order valence-electron chi connectivity index (χ3n) is 0.772. The van der Waals surface area contributed by atoms with Crippen LogP contribution < -0.4 is 0 Å². The summed E-state index contributed by atoms with van der Waals surface area (Å²) in [6, 6.07) is 0. The normalized spacial score (nSPS) is 17.4. The van der Waals surface area contributed by atoms with Crippen molar-refractivity contribution in [2.24, 2.45) is 4.99 Å². The molecule has 0 atom stereocenters. The average Bonchev–Trinajstić information content (AvgIpc) is 2.14. The first-order valence-electron chi connectivity index (χ1n) is 2.17. The van der Waals surface area contributed by atoms with E-state index in [1.54, 1.807) is 0 Å². The Morgan fingerprint density at radius 3 is 3.00 bits per heavy atom. The summed E-state index contributed by atoms with van der Waals surface area (Å²) in [5.41, 5.74) is 0. The molecule has 0 aliphatic carbocycles. The summed E-state index contributed by atoms with van der Waals surface area (Å²) in [7, 11) is 0. The van der Waals surface area contributed by atoms with Gasteiger partial charge in [-0.15, -0.1) is 0 Å². The van der Waals surface area contributed by atoms with Crippen LogP contribution in [0, 0.1) is 0 Å². The summed E-state index contributed by atoms with van der Waals surface area (Å²) in [4.78, 5) is 3.82. The van der Waals surface area contributed by atoms with Crippen LogP contribution in [0.15, 0.2) is 4.99 Å². The quantitative estimate of drug-likeness (QED) is 0.487. The Morgan fingerprint density at radius 1 is 1.86 bits per heavy atom. The van der Waals surface area contributed by atoms with Crippen LogP contribution in [0.3, 0.4) is 0 Å². The van der Waals surface area contributed by atoms with Gasteiger partial charge in [-0.2, -0.15) is 0 Å². The molecule has 7 heavy (non-hydrogen) atoms. The van der Waals surface area contributed by atoms with Crippen molar-refractivity contribution in [1.82, 2.24) is 0 Å². The maximum absolute atomic E-state index is 10.1. The van der Waals surface area contributed by atoms with Crippen LogP contribution in [-0.2, 0) is 25.4 Å². The van der Waals surface area contributed by atoms with E-state index in [9.17, 15) is 3.57 Å². The summed E-state index contributed by atoms with van der Waals surface area (Å²) in [6.45, 7) is 1.35. The van der Waals surface area contributed by atoms with Crippen LogP contribution in [0.5, 0.6) is 0 Å². The van der Waals surface area contributed by atoms with Gasteiger partial charge in [-0.1, -0.05) is 0 Å². The van der Waals surface area contributed by atoms with E-state index in [1.807, 2.05) is 0 Å². The molecule has 1 aliphatic heterocycles. The molecule has 0 aromatic carbocycles. The predicted octanol–water partition coefficient (Wildman–Crippen LogP) is -0.199. The summed E-state index contributed by atoms with van der Waals surface area (Å²) >= 11 is -1.69. The predicted molar refractivity (Wildman–Crippen MR) is 18.9 cm³/mol. The van der Waals surface area contributed by atoms with E-state index in [2.05, 4.69) is 4.99 Å². The second-order valence-corrected chi connectivity index (χ2v) is 3.14. The fraction of sp³-hybridized carbons (Fsp3) is 0.667. The van der Waals surface area contributed by atoms with Gasteiger partial charge in [-0.25, -0.2) is 0 Å². The van der Waals surface area contributed by atoms with Crippen LogP contribution in [0.25, 0.3) is 0 Å². The van der Waals surface area contributed by atoms with E-state index in [0.29, 0.717) is 17.6 Å². The van der Waals surface area contributed by atoms with Gasteiger partial charge in [0.1, 0.15) is 0 Å². The van der Waals surface area contributed by atoms with E-state index in [1.165, 1.54) is 0 Å². The molecule has 1 aliphatic rings. The van der Waals surface area contributed by atoms with Gasteiger partial charge in [0.2, 0.25) is 0 Å². The van der Waals surface area contributed by atoms with Crippen molar-refractivity contribution in [3.63, 3.8) is 0 Å². The Kier molecular flexibility index (Phi) is 1.63. The Labute approximate surface area is 48.6 Å². The van der Waals surface area contributed by atoms with E-state index in [0.717, 1.165) is 0 Å². The molecule has 0 saturated heterocycles. The van der Waals surface area contributed by atoms with Crippen molar-refractivity contribution in [2.45, 2.75) is 0 Å². The fourth-order valence-corrected chi connectivity index (χ4v) is 1.47. The zero-order chi connectivity index (χ0) is 5.11. The zero-order valence-electron chi connectivity index (χ0n) is 3.89. The number of hydrogen-bond acceptors (Lipinski definition) is 3. The number of hydrogen-bond donors (Lipinski definition) is 0. The maximum atomic E-state index is 10.1. The summed E-state index contributed by atoms with van der Waals surface area (Å²) < 4.78 is 15.4. The molecule has 0 radical (unpaired) electrons. The second-order valence-electron chi connectivity index (χ2n) is 1.27. The Balaban J connectivity index is 2.51. The van der Waals surface area contributed by atoms with Gasteiger partial charge in [0.15, 0.2) is 0 Å². The van der Waals surface area contributed by atoms with Crippen molar-refractivity contribution in [3.8, 4) is 0 Å². The van der Waals surface area contributed by atoms with Crippen LogP contribution in [0.2, 0.25) is 0 Å². The van der Waals surface area contributed by atoms with Gasteiger partial charge >= 0.3 is 48.0 Å². The van der Waals surface area contributed by atoms with Crippen molar-refractivity contribution in [3.05, 3.63) is 0 Å². The average molecular weight is 151 g/mol. The Bertz CT molecular complexity index is 112. The van der Waals surface area contributed by atoms with Gasteiger partial charge < -0.3 is 0 Å². The molecule has 0 N–H and O–H groups in total. The van der Waals surface area contributed by atoms with Crippen LogP contribution in [-0.4, -0.2) is 17.6 Å². The summed E-state index contributed by atoms with van der Waals surface area (Å²) in [5.74, 6) is 0. The van der Waals surface area contributed by atoms with Crippen LogP contribution in [0.1, 0.15) is 0 Å². The minimum atomic E-state index is -1.69. The molecule has 0 aromatic rings. The van der Waals surface area contributed by atoms with Crippen molar-refractivity contribution >= 4 is 4.49 Å². The Hall–Kier alpha value is -0.107. The van der Waals surface area contributed by atoms with Gasteiger partial charge in [-0.05, 0) is 0 Å². The molecule has 0 aromatic heterocycles. The van der Waals surface area contributed by atoms with Crippen molar-refractivity contribution < 1.29 is 25.4 Å². The number of aliphatic imine (C=N–C) groups is 1. The molecule has 0 unspecified atom stereocenters. The standard InChI is InChI=1S/C3H4NO.O.Zn/c1-2-5-3-4-1;;/h1-2H2;;. The monoisotopic (exact) mass is 150 g/mol. The van der Waals surface area contributed by atoms with Crippen molar-refractivity contribution in [2.75, 3.05) is 13.2 Å². The molecular weight excluding hydrogens is 147 g/mol. The molecule has 0 saturated carbocycles. The number of rotatable bonds is 1. The molecule has 35 valence electrons. The van der Waals surface area contributed by atoms with Crippen LogP contribution in [0.4, 0.5) is 0 Å². The molecule has 0 spiro atoms. The minimum absolute atomic E-state index is 0.549. The zero-order valence-corrected chi connectivity index (χ0v) is 6.85. The van der Waals surface area contributed by atoms with Gasteiger partial charge in [-0.3, -0.25) is 0 Å². The first-order valence-corrected chi connectivity index (χ1v) is 4.87. The molecular formula is C3H4NO2Zn. The van der Waals surface area contributed by atoms with Gasteiger partial charge in [0.25, 0.3) is 0 Å². The van der Waals surface area contributed by atoms with Crippen molar-refractivity contribution in [1.29, 1.82) is 0 Å². The SMILES string of the molecule is [O]=[Zn][C]1=NCCO1. The molecule has 3 nitrogen and oxygen atoms in total. The third-order valence-corrected chi connectivity index (χ3v) is 2.19. The molecule has 1 rings (SSSR count). The Morgan fingerprint density at radius 2 is 2.71 bits per heavy atom. The molecule has 0 fully saturated rings. The van der Waals surface area contributed by atoms with E-state index in [-0.39, 0.29) is 0 Å². The first kappa shape index (κ1) is 5.04. The summed E-state index contributed by atoms with van der Waals surface area (Å²) in [6.07, 6.45) is 0. The topological polar surface area (TPSA) is 38.7 Å². The fourth-order valence-electron chi connectivity index (χ4n) is 0.467. The second kappa shape index (κ2) is 2.26. The molecule has 4 heteroatoms. The number of nitrogens with zero attached hydrogens (tertiary/aromatic N) is 1. The van der Waals surface area contributed by atoms with E-state index >= 15 is 0 Å². The number of ether oxygens (including phenoxy) is 1. The molecule has 0 bridgehead atoms. The molecule has 0 amide bonds. The van der Waals surface area contributed by atoms with Gasteiger partial charge in [0, 0.05) is 0 Å². The van der Waals surface area contributed by atoms with E-state index in [4.69, 9.17) is 4.74 Å². The van der Waals surface area contributed by atoms with Crippen LogP contribution >= 0.6 is 0 Å². The molecule has 1 heterocycles. The summed E-state index contributed by atoms with van der Waals surface area (Å²) in [5, 5.41) is 0. The van der Waals surface area contributed by atoms with Gasteiger partial charge in [0.05, 0.1) is 0 Å². The first-order chi connectivity index (χ1) is 3.43. The van der Waals surface area contributed by atoms with E-state index < -0.39 is 17.1 Å². The third kappa shape index (κ3) is 1.13.